The van der Waals surface area contributed by atoms with Crippen LogP contribution in [0.25, 0.3) is 0 Å². The molecule has 0 saturated carbocycles. The summed E-state index contributed by atoms with van der Waals surface area (Å²) in [6.45, 7) is 0.889. The normalized spacial score (nSPS) is 17.2. The maximum absolute atomic E-state index is 14.0. The Balaban J connectivity index is 1.38. The van der Waals surface area contributed by atoms with Crippen molar-refractivity contribution in [1.82, 2.24) is 10.2 Å². The van der Waals surface area contributed by atoms with Gasteiger partial charge in [0.25, 0.3) is 5.91 Å². The van der Waals surface area contributed by atoms with Crippen LogP contribution in [0.5, 0.6) is 17.2 Å². The van der Waals surface area contributed by atoms with E-state index in [4.69, 9.17) is 14.2 Å². The average Bonchev–Trinajstić information content (AvgIpc) is 3.24. The number of fused-ring (bicyclic) bond motifs is 1. The molecular weight excluding hydrogens is 480 g/mol. The zero-order chi connectivity index (χ0) is 26.5. The van der Waals surface area contributed by atoms with Gasteiger partial charge in [-0.05, 0) is 60.2 Å². The molecule has 0 radical (unpaired) electrons. The third-order valence-electron chi connectivity index (χ3n) is 7.38. The molecule has 3 aromatic carbocycles. The standard InChI is InChI=1S/C31H34N2O5/c1-36-27-11-7-12-28(37-2)29(27)31(35)33(26-10-5-6-17-32-30(26)34)20-21-13-15-24(16-14-21)38-25-18-22-8-3-4-9-23(22)19-25/h3-4,7-9,11-16,25-26H,5-6,10,17-20H2,1-2H3,(H,32,34)/t26-/m0/s1. The fraction of sp³-hybridized carbons (Fsp3) is 0.355. The van der Waals surface area contributed by atoms with Crippen molar-refractivity contribution < 1.29 is 23.8 Å². The quantitative estimate of drug-likeness (QED) is 0.477. The maximum atomic E-state index is 14.0. The van der Waals surface area contributed by atoms with Crippen LogP contribution in [0.2, 0.25) is 0 Å². The third-order valence-corrected chi connectivity index (χ3v) is 7.38. The fourth-order valence-corrected chi connectivity index (χ4v) is 5.41. The summed E-state index contributed by atoms with van der Waals surface area (Å²) >= 11 is 0. The molecule has 0 aromatic heterocycles. The second kappa shape index (κ2) is 11.6. The molecule has 7 nitrogen and oxygen atoms in total. The Hall–Kier alpha value is -4.00. The lowest BCUT2D eigenvalue weighted by Crippen LogP contribution is -2.48. The fourth-order valence-electron chi connectivity index (χ4n) is 5.41. The zero-order valence-corrected chi connectivity index (χ0v) is 21.9. The van der Waals surface area contributed by atoms with E-state index in [1.54, 1.807) is 23.1 Å². The lowest BCUT2D eigenvalue weighted by molar-refractivity contribution is -0.125. The molecule has 1 aliphatic heterocycles. The lowest BCUT2D eigenvalue weighted by atomic mass is 10.0. The Bertz CT molecular complexity index is 1240. The van der Waals surface area contributed by atoms with Crippen molar-refractivity contribution >= 4 is 11.8 Å². The summed E-state index contributed by atoms with van der Waals surface area (Å²) in [6.07, 6.45) is 4.25. The molecule has 38 heavy (non-hydrogen) atoms. The monoisotopic (exact) mass is 514 g/mol. The number of amides is 2. The number of carbonyl (C=O) groups excluding carboxylic acids is 2. The van der Waals surface area contributed by atoms with Crippen LogP contribution in [0.3, 0.4) is 0 Å². The molecule has 1 heterocycles. The highest BCUT2D eigenvalue weighted by Crippen LogP contribution is 2.32. The van der Waals surface area contributed by atoms with Gasteiger partial charge in [0.15, 0.2) is 0 Å². The number of hydrogen-bond donors (Lipinski definition) is 1. The van der Waals surface area contributed by atoms with E-state index in [2.05, 4.69) is 29.6 Å². The summed E-state index contributed by atoms with van der Waals surface area (Å²) < 4.78 is 17.3. The SMILES string of the molecule is COc1cccc(OC)c1C(=O)N(Cc1ccc(OC2Cc3ccccc3C2)cc1)[C@H]1CCCCNC1=O. The first-order valence-electron chi connectivity index (χ1n) is 13.2. The molecule has 2 aliphatic rings. The van der Waals surface area contributed by atoms with Crippen LogP contribution >= 0.6 is 0 Å². The highest BCUT2D eigenvalue weighted by Gasteiger charge is 2.34. The predicted molar refractivity (Wildman–Crippen MR) is 145 cm³/mol. The van der Waals surface area contributed by atoms with Crippen molar-refractivity contribution in [3.8, 4) is 17.2 Å². The molecule has 2 amide bonds. The van der Waals surface area contributed by atoms with Gasteiger partial charge in [0.2, 0.25) is 5.91 Å². The van der Waals surface area contributed by atoms with Crippen LogP contribution in [0.4, 0.5) is 0 Å². The number of nitrogens with one attached hydrogen (secondary N) is 1. The van der Waals surface area contributed by atoms with Crippen molar-refractivity contribution in [2.45, 2.75) is 50.8 Å². The van der Waals surface area contributed by atoms with Crippen LogP contribution in [0, 0.1) is 0 Å². The topological polar surface area (TPSA) is 77.1 Å². The van der Waals surface area contributed by atoms with Gasteiger partial charge in [-0.1, -0.05) is 42.5 Å². The molecule has 7 heteroatoms. The van der Waals surface area contributed by atoms with Gasteiger partial charge < -0.3 is 24.4 Å². The number of benzene rings is 3. The molecule has 0 unspecified atom stereocenters. The van der Waals surface area contributed by atoms with Gasteiger partial charge >= 0.3 is 0 Å². The number of carbonyl (C=O) groups is 2. The Morgan fingerprint density at radius 3 is 2.18 bits per heavy atom. The Kier molecular flexibility index (Phi) is 7.82. The molecule has 5 rings (SSSR count). The first-order valence-corrected chi connectivity index (χ1v) is 13.2. The van der Waals surface area contributed by atoms with E-state index in [1.807, 2.05) is 24.3 Å². The van der Waals surface area contributed by atoms with E-state index in [0.29, 0.717) is 30.0 Å². The average molecular weight is 515 g/mol. The van der Waals surface area contributed by atoms with E-state index < -0.39 is 6.04 Å². The molecule has 0 spiro atoms. The number of ether oxygens (including phenoxy) is 3. The van der Waals surface area contributed by atoms with E-state index >= 15 is 0 Å². The number of hydrogen-bond acceptors (Lipinski definition) is 5. The minimum absolute atomic E-state index is 0.115. The molecule has 1 aliphatic carbocycles. The third kappa shape index (κ3) is 5.47. The molecule has 3 aromatic rings. The Morgan fingerprint density at radius 1 is 0.895 bits per heavy atom. The highest BCUT2D eigenvalue weighted by atomic mass is 16.5. The van der Waals surface area contributed by atoms with Gasteiger partial charge in [-0.15, -0.1) is 0 Å². The van der Waals surface area contributed by atoms with Crippen LogP contribution in [-0.2, 0) is 24.2 Å². The predicted octanol–water partition coefficient (Wildman–Crippen LogP) is 4.56. The zero-order valence-electron chi connectivity index (χ0n) is 21.9. The number of rotatable bonds is 8. The number of nitrogens with zero attached hydrogens (tertiary/aromatic N) is 1. The molecule has 1 atom stereocenters. The minimum Gasteiger partial charge on any atom is -0.496 e. The van der Waals surface area contributed by atoms with Gasteiger partial charge in [0, 0.05) is 25.9 Å². The number of methoxy groups -OCH3 is 2. The summed E-state index contributed by atoms with van der Waals surface area (Å²) in [4.78, 5) is 28.7. The molecular formula is C31H34N2O5. The Labute approximate surface area is 223 Å². The van der Waals surface area contributed by atoms with Gasteiger partial charge in [-0.25, -0.2) is 0 Å². The first-order chi connectivity index (χ1) is 18.6. The first kappa shape index (κ1) is 25.6. The summed E-state index contributed by atoms with van der Waals surface area (Å²) in [6, 6.07) is 20.9. The van der Waals surface area contributed by atoms with Gasteiger partial charge in [-0.3, -0.25) is 9.59 Å². The van der Waals surface area contributed by atoms with Crippen LogP contribution < -0.4 is 19.5 Å². The summed E-state index contributed by atoms with van der Waals surface area (Å²) in [5, 5.41) is 2.97. The van der Waals surface area contributed by atoms with Crippen LogP contribution in [0.15, 0.2) is 66.7 Å². The van der Waals surface area contributed by atoms with E-state index in [1.165, 1.54) is 25.3 Å². The van der Waals surface area contributed by atoms with E-state index in [0.717, 1.165) is 37.0 Å². The molecule has 198 valence electrons. The lowest BCUT2D eigenvalue weighted by Gasteiger charge is -2.31. The molecule has 1 saturated heterocycles. The molecule has 1 N–H and O–H groups in total. The minimum atomic E-state index is -0.590. The summed E-state index contributed by atoms with van der Waals surface area (Å²) in [5.41, 5.74) is 3.91. The van der Waals surface area contributed by atoms with Gasteiger partial charge in [0.1, 0.15) is 35.0 Å². The van der Waals surface area contributed by atoms with Crippen molar-refractivity contribution in [2.75, 3.05) is 20.8 Å². The van der Waals surface area contributed by atoms with Crippen molar-refractivity contribution in [3.63, 3.8) is 0 Å². The second-order valence-electron chi connectivity index (χ2n) is 9.83. The van der Waals surface area contributed by atoms with Crippen LogP contribution in [-0.4, -0.2) is 49.6 Å². The van der Waals surface area contributed by atoms with Crippen molar-refractivity contribution in [1.29, 1.82) is 0 Å². The van der Waals surface area contributed by atoms with Crippen molar-refractivity contribution in [2.24, 2.45) is 0 Å². The largest absolute Gasteiger partial charge is 0.496 e. The second-order valence-corrected chi connectivity index (χ2v) is 9.83. The molecule has 1 fully saturated rings. The smallest absolute Gasteiger partial charge is 0.262 e. The van der Waals surface area contributed by atoms with Crippen molar-refractivity contribution in [3.05, 3.63) is 89.0 Å². The Morgan fingerprint density at radius 2 is 1.55 bits per heavy atom. The van der Waals surface area contributed by atoms with Gasteiger partial charge in [-0.2, -0.15) is 0 Å². The summed E-state index contributed by atoms with van der Waals surface area (Å²) in [7, 11) is 3.05. The maximum Gasteiger partial charge on any atom is 0.262 e. The van der Waals surface area contributed by atoms with Crippen LogP contribution in [0.1, 0.15) is 46.3 Å². The van der Waals surface area contributed by atoms with Gasteiger partial charge in [0.05, 0.1) is 14.2 Å². The summed E-state index contributed by atoms with van der Waals surface area (Å²) in [5.74, 6) is 1.18. The van der Waals surface area contributed by atoms with E-state index in [-0.39, 0.29) is 24.5 Å². The highest BCUT2D eigenvalue weighted by molar-refractivity contribution is 6.02. The van der Waals surface area contributed by atoms with E-state index in [9.17, 15) is 9.59 Å². The molecule has 0 bridgehead atoms.